The molecule has 0 atom stereocenters. The Bertz CT molecular complexity index is 486. The molecule has 1 aromatic rings. The normalized spacial score (nSPS) is 18.4. The summed E-state index contributed by atoms with van der Waals surface area (Å²) in [4.78, 5) is 13.5. The number of hydrogen-bond donors (Lipinski definition) is 0. The van der Waals surface area contributed by atoms with Gasteiger partial charge < -0.3 is 4.90 Å². The molecule has 1 aliphatic heterocycles. The molecule has 1 saturated heterocycles. The van der Waals surface area contributed by atoms with Gasteiger partial charge in [0.1, 0.15) is 0 Å². The number of carbonyl (C=O) groups is 1. The van der Waals surface area contributed by atoms with Gasteiger partial charge in [-0.15, -0.1) is 0 Å². The number of rotatable bonds is 2. The number of hydrogen-bond acceptors (Lipinski definition) is 1. The zero-order valence-electron chi connectivity index (χ0n) is 10.1. The SMILES string of the molecule is O=C(Cc1ccc(Br)c(Cl)c1)N1CCC(F)(F)CC1. The Hall–Kier alpha value is -0.680. The Balaban J connectivity index is 1.96. The molecule has 1 aromatic carbocycles. The summed E-state index contributed by atoms with van der Waals surface area (Å²) in [6, 6.07) is 5.28. The fourth-order valence-corrected chi connectivity index (χ4v) is 2.47. The van der Waals surface area contributed by atoms with Gasteiger partial charge in [0.25, 0.3) is 5.92 Å². The number of halogens is 4. The zero-order chi connectivity index (χ0) is 14.0. The monoisotopic (exact) mass is 351 g/mol. The predicted octanol–water partition coefficient (Wildman–Crippen LogP) is 3.90. The quantitative estimate of drug-likeness (QED) is 0.790. The van der Waals surface area contributed by atoms with E-state index >= 15 is 0 Å². The van der Waals surface area contributed by atoms with Crippen LogP contribution < -0.4 is 0 Å². The summed E-state index contributed by atoms with van der Waals surface area (Å²) in [5.41, 5.74) is 0.788. The van der Waals surface area contributed by atoms with Crippen LogP contribution in [0.25, 0.3) is 0 Å². The predicted molar refractivity (Wildman–Crippen MR) is 73.6 cm³/mol. The van der Waals surface area contributed by atoms with Crippen LogP contribution in [0.3, 0.4) is 0 Å². The van der Waals surface area contributed by atoms with Crippen molar-refractivity contribution in [2.75, 3.05) is 13.1 Å². The van der Waals surface area contributed by atoms with Crippen LogP contribution >= 0.6 is 27.5 Å². The molecule has 1 heterocycles. The van der Waals surface area contributed by atoms with Crippen molar-refractivity contribution in [3.63, 3.8) is 0 Å². The summed E-state index contributed by atoms with van der Waals surface area (Å²) in [6.45, 7) is 0.242. The van der Waals surface area contributed by atoms with E-state index in [2.05, 4.69) is 15.9 Å². The van der Waals surface area contributed by atoms with Gasteiger partial charge in [0.15, 0.2) is 0 Å². The van der Waals surface area contributed by atoms with Gasteiger partial charge in [-0.3, -0.25) is 4.79 Å². The second-order valence-electron chi connectivity index (χ2n) is 4.66. The van der Waals surface area contributed by atoms with Crippen LogP contribution in [0.2, 0.25) is 5.02 Å². The van der Waals surface area contributed by atoms with Gasteiger partial charge in [-0.1, -0.05) is 17.7 Å². The lowest BCUT2D eigenvalue weighted by atomic mass is 10.1. The summed E-state index contributed by atoms with van der Waals surface area (Å²) >= 11 is 9.22. The Morgan fingerprint density at radius 3 is 2.58 bits per heavy atom. The molecule has 0 unspecified atom stereocenters. The van der Waals surface area contributed by atoms with Gasteiger partial charge in [-0.2, -0.15) is 0 Å². The number of likely N-dealkylation sites (tertiary alicyclic amines) is 1. The van der Waals surface area contributed by atoms with Gasteiger partial charge in [0, 0.05) is 30.4 Å². The van der Waals surface area contributed by atoms with Crippen LogP contribution in [-0.4, -0.2) is 29.8 Å². The maximum Gasteiger partial charge on any atom is 0.251 e. The van der Waals surface area contributed by atoms with Crippen molar-refractivity contribution >= 4 is 33.4 Å². The van der Waals surface area contributed by atoms with Gasteiger partial charge in [-0.25, -0.2) is 8.78 Å². The van der Waals surface area contributed by atoms with E-state index in [1.807, 2.05) is 0 Å². The van der Waals surface area contributed by atoms with Crippen molar-refractivity contribution in [1.82, 2.24) is 4.90 Å². The van der Waals surface area contributed by atoms with Crippen LogP contribution in [0.15, 0.2) is 22.7 Å². The minimum atomic E-state index is -2.63. The van der Waals surface area contributed by atoms with E-state index in [1.165, 1.54) is 4.90 Å². The van der Waals surface area contributed by atoms with Crippen molar-refractivity contribution in [3.8, 4) is 0 Å². The van der Waals surface area contributed by atoms with Crippen molar-refractivity contribution in [2.24, 2.45) is 0 Å². The van der Waals surface area contributed by atoms with Gasteiger partial charge in [0.05, 0.1) is 11.4 Å². The maximum atomic E-state index is 13.0. The second kappa shape index (κ2) is 5.75. The van der Waals surface area contributed by atoms with E-state index < -0.39 is 5.92 Å². The average molecular weight is 353 g/mol. The molecule has 104 valence electrons. The number of amides is 1. The average Bonchev–Trinajstić information content (AvgIpc) is 2.33. The number of alkyl halides is 2. The first-order valence-electron chi connectivity index (χ1n) is 5.97. The first-order valence-corrected chi connectivity index (χ1v) is 7.14. The lowest BCUT2D eigenvalue weighted by Gasteiger charge is -2.31. The van der Waals surface area contributed by atoms with Gasteiger partial charge in [-0.05, 0) is 33.6 Å². The molecule has 0 spiro atoms. The smallest absolute Gasteiger partial charge is 0.251 e. The van der Waals surface area contributed by atoms with E-state index in [4.69, 9.17) is 11.6 Å². The van der Waals surface area contributed by atoms with E-state index in [-0.39, 0.29) is 38.3 Å². The molecule has 0 radical (unpaired) electrons. The van der Waals surface area contributed by atoms with Crippen molar-refractivity contribution in [3.05, 3.63) is 33.3 Å². The molecular weight excluding hydrogens is 340 g/mol. The standard InChI is InChI=1S/C13H13BrClF2NO/c14-10-2-1-9(7-11(10)15)8-12(19)18-5-3-13(16,17)4-6-18/h1-2,7H,3-6,8H2. The molecule has 2 nitrogen and oxygen atoms in total. The van der Waals surface area contributed by atoms with E-state index in [0.29, 0.717) is 5.02 Å². The van der Waals surface area contributed by atoms with Crippen LogP contribution in [0, 0.1) is 0 Å². The fraction of sp³-hybridized carbons (Fsp3) is 0.462. The molecule has 19 heavy (non-hydrogen) atoms. The number of nitrogens with zero attached hydrogens (tertiary/aromatic N) is 1. The Morgan fingerprint density at radius 1 is 1.37 bits per heavy atom. The van der Waals surface area contributed by atoms with Crippen LogP contribution in [0.1, 0.15) is 18.4 Å². The highest BCUT2D eigenvalue weighted by Gasteiger charge is 2.35. The van der Waals surface area contributed by atoms with E-state index in [1.54, 1.807) is 18.2 Å². The zero-order valence-corrected chi connectivity index (χ0v) is 12.5. The Morgan fingerprint density at radius 2 is 2.00 bits per heavy atom. The molecule has 1 fully saturated rings. The molecule has 6 heteroatoms. The molecule has 0 bridgehead atoms. The summed E-state index contributed by atoms with van der Waals surface area (Å²) in [5.74, 6) is -2.76. The number of benzene rings is 1. The highest BCUT2D eigenvalue weighted by atomic mass is 79.9. The van der Waals surface area contributed by atoms with Gasteiger partial charge in [0.2, 0.25) is 5.91 Å². The Kier molecular flexibility index (Phi) is 4.46. The van der Waals surface area contributed by atoms with Crippen molar-refractivity contribution < 1.29 is 13.6 Å². The second-order valence-corrected chi connectivity index (χ2v) is 5.92. The van der Waals surface area contributed by atoms with Crippen molar-refractivity contribution in [1.29, 1.82) is 0 Å². The molecule has 0 saturated carbocycles. The number of piperidine rings is 1. The highest BCUT2D eigenvalue weighted by molar-refractivity contribution is 9.10. The summed E-state index contributed by atoms with van der Waals surface area (Å²) in [5, 5.41) is 0.537. The van der Waals surface area contributed by atoms with Gasteiger partial charge >= 0.3 is 0 Å². The third-order valence-electron chi connectivity index (χ3n) is 3.19. The topological polar surface area (TPSA) is 20.3 Å². The Labute approximate surface area is 123 Å². The first-order chi connectivity index (χ1) is 8.87. The summed E-state index contributed by atoms with van der Waals surface area (Å²) in [6.07, 6.45) is -0.307. The third-order valence-corrected chi connectivity index (χ3v) is 4.42. The molecular formula is C13H13BrClF2NO. The first kappa shape index (κ1) is 14.7. The largest absolute Gasteiger partial charge is 0.342 e. The highest BCUT2D eigenvalue weighted by Crippen LogP contribution is 2.28. The molecule has 0 aliphatic carbocycles. The molecule has 0 N–H and O–H groups in total. The summed E-state index contributed by atoms with van der Waals surface area (Å²) in [7, 11) is 0. The lowest BCUT2D eigenvalue weighted by Crippen LogP contribution is -2.43. The molecule has 0 aromatic heterocycles. The summed E-state index contributed by atoms with van der Waals surface area (Å²) < 4.78 is 26.8. The maximum absolute atomic E-state index is 13.0. The van der Waals surface area contributed by atoms with Crippen LogP contribution in [0.5, 0.6) is 0 Å². The van der Waals surface area contributed by atoms with E-state index in [0.717, 1.165) is 10.0 Å². The van der Waals surface area contributed by atoms with Crippen LogP contribution in [0.4, 0.5) is 8.78 Å². The minimum Gasteiger partial charge on any atom is -0.342 e. The molecule has 1 amide bonds. The van der Waals surface area contributed by atoms with E-state index in [9.17, 15) is 13.6 Å². The third kappa shape index (κ3) is 3.89. The molecule has 2 rings (SSSR count). The molecule has 1 aliphatic rings. The van der Waals surface area contributed by atoms with Crippen LogP contribution in [-0.2, 0) is 11.2 Å². The lowest BCUT2D eigenvalue weighted by molar-refractivity contribution is -0.136. The number of carbonyl (C=O) groups excluding carboxylic acids is 1. The minimum absolute atomic E-state index is 0.121. The fourth-order valence-electron chi connectivity index (χ4n) is 2.02. The van der Waals surface area contributed by atoms with Crippen molar-refractivity contribution in [2.45, 2.75) is 25.2 Å².